The van der Waals surface area contributed by atoms with Gasteiger partial charge >= 0.3 is 0 Å². The lowest BCUT2D eigenvalue weighted by Crippen LogP contribution is -2.43. The topological polar surface area (TPSA) is 103 Å². The van der Waals surface area contributed by atoms with Crippen LogP contribution >= 0.6 is 0 Å². The average molecular weight is 451 g/mol. The largest absolute Gasteiger partial charge is 0.497 e. The van der Waals surface area contributed by atoms with Crippen LogP contribution in [-0.4, -0.2) is 59.7 Å². The summed E-state index contributed by atoms with van der Waals surface area (Å²) in [6.45, 7) is 0.240. The smallest absolute Gasteiger partial charge is 0.243 e. The van der Waals surface area contributed by atoms with E-state index in [1.54, 1.807) is 18.2 Å². The Labute approximate surface area is 181 Å². The molecule has 0 saturated carbocycles. The minimum atomic E-state index is -3.93. The van der Waals surface area contributed by atoms with Crippen LogP contribution in [0.1, 0.15) is 12.8 Å². The molecule has 9 nitrogen and oxygen atoms in total. The fraction of sp³-hybridized carbons (Fsp3) is 0.381. The molecular weight excluding hydrogens is 424 g/mol. The molecule has 0 spiro atoms. The van der Waals surface area contributed by atoms with Gasteiger partial charge in [-0.2, -0.15) is 4.31 Å². The van der Waals surface area contributed by atoms with Crippen LogP contribution in [0.5, 0.6) is 23.0 Å². The second-order valence-electron chi connectivity index (χ2n) is 6.85. The van der Waals surface area contributed by atoms with Crippen LogP contribution in [0, 0.1) is 0 Å². The Bertz CT molecular complexity index is 1060. The molecule has 0 bridgehead atoms. The number of sulfonamides is 1. The molecule has 1 N–H and O–H groups in total. The Hall–Kier alpha value is -2.98. The Balaban J connectivity index is 1.88. The van der Waals surface area contributed by atoms with Gasteiger partial charge in [0, 0.05) is 18.7 Å². The number of rotatable bonds is 8. The van der Waals surface area contributed by atoms with Crippen molar-refractivity contribution in [1.29, 1.82) is 0 Å². The van der Waals surface area contributed by atoms with Gasteiger partial charge in [0.05, 0.1) is 39.0 Å². The molecule has 0 radical (unpaired) electrons. The van der Waals surface area contributed by atoms with Crippen molar-refractivity contribution in [3.63, 3.8) is 0 Å². The summed E-state index contributed by atoms with van der Waals surface area (Å²) in [6.07, 6.45) is 0.977. The third-order valence-corrected chi connectivity index (χ3v) is 7.04. The lowest BCUT2D eigenvalue weighted by Gasteiger charge is -2.24. The minimum absolute atomic E-state index is 0.0313. The number of carbonyl (C=O) groups is 1. The molecule has 1 unspecified atom stereocenters. The first-order valence-corrected chi connectivity index (χ1v) is 11.1. The van der Waals surface area contributed by atoms with E-state index in [4.69, 9.17) is 18.9 Å². The summed E-state index contributed by atoms with van der Waals surface area (Å²) < 4.78 is 48.7. The lowest BCUT2D eigenvalue weighted by atomic mass is 10.2. The van der Waals surface area contributed by atoms with Gasteiger partial charge in [-0.1, -0.05) is 0 Å². The van der Waals surface area contributed by atoms with Gasteiger partial charge < -0.3 is 24.3 Å². The standard InChI is InChI=1S/C21H26N2O7S/c1-27-14-7-9-18(28-2)16(12-14)22-21(24)17-6-5-11-23(17)31(25,26)15-8-10-19(29-3)20(13-15)30-4/h7-10,12-13,17H,5-6,11H2,1-4H3,(H,22,24). The number of amides is 1. The second-order valence-corrected chi connectivity index (χ2v) is 8.74. The fourth-order valence-electron chi connectivity index (χ4n) is 3.53. The first kappa shape index (κ1) is 22.7. The highest BCUT2D eigenvalue weighted by Crippen LogP contribution is 2.34. The van der Waals surface area contributed by atoms with Crippen LogP contribution < -0.4 is 24.3 Å². The van der Waals surface area contributed by atoms with Crippen molar-refractivity contribution in [3.05, 3.63) is 36.4 Å². The summed E-state index contributed by atoms with van der Waals surface area (Å²) in [4.78, 5) is 13.1. The molecule has 1 fully saturated rings. The van der Waals surface area contributed by atoms with Gasteiger partial charge in [0.2, 0.25) is 15.9 Å². The zero-order valence-electron chi connectivity index (χ0n) is 17.9. The molecule has 31 heavy (non-hydrogen) atoms. The Morgan fingerprint density at radius 1 is 0.935 bits per heavy atom. The van der Waals surface area contributed by atoms with E-state index in [-0.39, 0.29) is 11.4 Å². The number of benzene rings is 2. The predicted molar refractivity (Wildman–Crippen MR) is 115 cm³/mol. The third kappa shape index (κ3) is 4.54. The Kier molecular flexibility index (Phi) is 6.91. The van der Waals surface area contributed by atoms with Crippen LogP contribution in [0.15, 0.2) is 41.3 Å². The number of hydrogen-bond donors (Lipinski definition) is 1. The van der Waals surface area contributed by atoms with Crippen LogP contribution in [0.2, 0.25) is 0 Å². The van der Waals surface area contributed by atoms with Gasteiger partial charge in [-0.25, -0.2) is 8.42 Å². The van der Waals surface area contributed by atoms with Gasteiger partial charge in [-0.05, 0) is 37.1 Å². The third-order valence-electron chi connectivity index (χ3n) is 5.13. The Morgan fingerprint density at radius 3 is 2.26 bits per heavy atom. The number of hydrogen-bond acceptors (Lipinski definition) is 7. The summed E-state index contributed by atoms with van der Waals surface area (Å²) in [6, 6.07) is 8.51. The summed E-state index contributed by atoms with van der Waals surface area (Å²) >= 11 is 0. The molecule has 1 saturated heterocycles. The zero-order chi connectivity index (χ0) is 22.6. The average Bonchev–Trinajstić information content (AvgIpc) is 3.29. The van der Waals surface area contributed by atoms with Crippen molar-refractivity contribution in [2.75, 3.05) is 40.3 Å². The first-order valence-electron chi connectivity index (χ1n) is 9.62. The monoisotopic (exact) mass is 450 g/mol. The Morgan fingerprint density at radius 2 is 1.61 bits per heavy atom. The normalized spacial score (nSPS) is 16.6. The molecule has 168 valence electrons. The van der Waals surface area contributed by atoms with Crippen LogP contribution in [0.4, 0.5) is 5.69 Å². The molecule has 1 atom stereocenters. The quantitative estimate of drug-likeness (QED) is 0.659. The van der Waals surface area contributed by atoms with E-state index in [1.807, 2.05) is 0 Å². The number of anilines is 1. The van der Waals surface area contributed by atoms with Gasteiger partial charge in [0.1, 0.15) is 17.5 Å². The van der Waals surface area contributed by atoms with Gasteiger partial charge in [0.15, 0.2) is 11.5 Å². The van der Waals surface area contributed by atoms with Crippen molar-refractivity contribution in [1.82, 2.24) is 4.31 Å². The first-order chi connectivity index (χ1) is 14.8. The van der Waals surface area contributed by atoms with E-state index in [0.29, 0.717) is 41.5 Å². The minimum Gasteiger partial charge on any atom is -0.497 e. The number of carbonyl (C=O) groups excluding carboxylic acids is 1. The number of nitrogens with zero attached hydrogens (tertiary/aromatic N) is 1. The van der Waals surface area contributed by atoms with Crippen LogP contribution in [-0.2, 0) is 14.8 Å². The van der Waals surface area contributed by atoms with Crippen LogP contribution in [0.25, 0.3) is 0 Å². The molecule has 1 amide bonds. The summed E-state index contributed by atoms with van der Waals surface area (Å²) in [5, 5.41) is 2.78. The van der Waals surface area contributed by atoms with Crippen LogP contribution in [0.3, 0.4) is 0 Å². The van der Waals surface area contributed by atoms with Crippen molar-refractivity contribution in [2.45, 2.75) is 23.8 Å². The summed E-state index contributed by atoms with van der Waals surface area (Å²) in [7, 11) is 1.98. The predicted octanol–water partition coefficient (Wildman–Crippen LogP) is 2.51. The maximum absolute atomic E-state index is 13.3. The van der Waals surface area contributed by atoms with E-state index in [2.05, 4.69) is 5.32 Å². The number of ether oxygens (including phenoxy) is 4. The maximum Gasteiger partial charge on any atom is 0.243 e. The highest BCUT2D eigenvalue weighted by molar-refractivity contribution is 7.89. The molecule has 0 aromatic heterocycles. The highest BCUT2D eigenvalue weighted by atomic mass is 32.2. The molecule has 1 aliphatic heterocycles. The van der Waals surface area contributed by atoms with Crippen molar-refractivity contribution in [2.24, 2.45) is 0 Å². The maximum atomic E-state index is 13.3. The number of methoxy groups -OCH3 is 4. The van der Waals surface area contributed by atoms with Crippen molar-refractivity contribution in [3.8, 4) is 23.0 Å². The zero-order valence-corrected chi connectivity index (χ0v) is 18.7. The summed E-state index contributed by atoms with van der Waals surface area (Å²) in [5.41, 5.74) is 0.405. The molecule has 1 aliphatic rings. The molecule has 1 heterocycles. The molecule has 10 heteroatoms. The van der Waals surface area contributed by atoms with E-state index in [0.717, 1.165) is 0 Å². The molecule has 3 rings (SSSR count). The van der Waals surface area contributed by atoms with E-state index in [1.165, 1.54) is 50.9 Å². The highest BCUT2D eigenvalue weighted by Gasteiger charge is 2.40. The van der Waals surface area contributed by atoms with E-state index >= 15 is 0 Å². The van der Waals surface area contributed by atoms with Gasteiger partial charge in [-0.3, -0.25) is 4.79 Å². The molecule has 2 aromatic carbocycles. The second kappa shape index (κ2) is 9.44. The van der Waals surface area contributed by atoms with Crippen molar-refractivity contribution < 1.29 is 32.2 Å². The summed E-state index contributed by atoms with van der Waals surface area (Å²) in [5.74, 6) is 1.26. The van der Waals surface area contributed by atoms with Gasteiger partial charge in [-0.15, -0.1) is 0 Å². The number of nitrogens with one attached hydrogen (secondary N) is 1. The molecular formula is C21H26N2O7S. The fourth-order valence-corrected chi connectivity index (χ4v) is 5.20. The van der Waals surface area contributed by atoms with Crippen molar-refractivity contribution >= 4 is 21.6 Å². The SMILES string of the molecule is COc1ccc(OC)c(NC(=O)C2CCCN2S(=O)(=O)c2ccc(OC)c(OC)c2)c1. The molecule has 2 aromatic rings. The van der Waals surface area contributed by atoms with E-state index in [9.17, 15) is 13.2 Å². The van der Waals surface area contributed by atoms with E-state index < -0.39 is 22.0 Å². The molecule has 0 aliphatic carbocycles. The van der Waals surface area contributed by atoms with Gasteiger partial charge in [0.25, 0.3) is 0 Å². The lowest BCUT2D eigenvalue weighted by molar-refractivity contribution is -0.119.